The highest BCUT2D eigenvalue weighted by molar-refractivity contribution is 6.04. The van der Waals surface area contributed by atoms with Crippen LogP contribution in [0, 0.1) is 0 Å². The van der Waals surface area contributed by atoms with Crippen LogP contribution in [-0.4, -0.2) is 38.8 Å². The van der Waals surface area contributed by atoms with E-state index in [4.69, 9.17) is 18.9 Å². The molecule has 0 spiro atoms. The lowest BCUT2D eigenvalue weighted by Crippen LogP contribution is -2.15. The maximum atomic E-state index is 12.5. The maximum Gasteiger partial charge on any atom is 0.344 e. The average Bonchev–Trinajstić information content (AvgIpc) is 2.67. The number of benzene rings is 2. The molecule has 7 heteroatoms. The molecule has 7 nitrogen and oxygen atoms in total. The van der Waals surface area contributed by atoms with Crippen molar-refractivity contribution in [2.45, 2.75) is 13.8 Å². The minimum Gasteiger partial charge on any atom is -0.493 e. The SMILES string of the molecule is CCOC(=O)COc1cccc(NC(=O)c2ccc(OC)c(OCC)c2)c1. The number of esters is 1. The van der Waals surface area contributed by atoms with Crippen molar-refractivity contribution < 1.29 is 28.5 Å². The maximum absolute atomic E-state index is 12.5. The molecule has 0 radical (unpaired) electrons. The molecule has 144 valence electrons. The summed E-state index contributed by atoms with van der Waals surface area (Å²) < 4.78 is 20.9. The van der Waals surface area contributed by atoms with Crippen LogP contribution in [-0.2, 0) is 9.53 Å². The number of hydrogen-bond acceptors (Lipinski definition) is 6. The van der Waals surface area contributed by atoms with Gasteiger partial charge in [-0.1, -0.05) is 6.07 Å². The number of anilines is 1. The Kier molecular flexibility index (Phi) is 7.49. The molecule has 0 atom stereocenters. The molecule has 0 unspecified atom stereocenters. The molecule has 0 aromatic heterocycles. The van der Waals surface area contributed by atoms with Crippen LogP contribution in [0.5, 0.6) is 17.2 Å². The monoisotopic (exact) mass is 373 g/mol. The molecule has 1 N–H and O–H groups in total. The normalized spacial score (nSPS) is 10.0. The van der Waals surface area contributed by atoms with Crippen molar-refractivity contribution >= 4 is 17.6 Å². The molecular weight excluding hydrogens is 350 g/mol. The van der Waals surface area contributed by atoms with Gasteiger partial charge in [0.1, 0.15) is 5.75 Å². The van der Waals surface area contributed by atoms with E-state index in [-0.39, 0.29) is 12.5 Å². The quantitative estimate of drug-likeness (QED) is 0.679. The highest BCUT2D eigenvalue weighted by Gasteiger charge is 2.12. The van der Waals surface area contributed by atoms with Crippen molar-refractivity contribution in [3.05, 3.63) is 48.0 Å². The summed E-state index contributed by atoms with van der Waals surface area (Å²) in [5.74, 6) is 0.752. The minimum atomic E-state index is -0.450. The van der Waals surface area contributed by atoms with Gasteiger partial charge < -0.3 is 24.3 Å². The van der Waals surface area contributed by atoms with Crippen LogP contribution in [0.3, 0.4) is 0 Å². The van der Waals surface area contributed by atoms with Crippen molar-refractivity contribution in [2.75, 3.05) is 32.2 Å². The summed E-state index contributed by atoms with van der Waals surface area (Å²) in [5.41, 5.74) is 0.965. The third-order valence-electron chi connectivity index (χ3n) is 3.48. The van der Waals surface area contributed by atoms with Crippen molar-refractivity contribution in [1.82, 2.24) is 0 Å². The Bertz CT molecular complexity index is 790. The minimum absolute atomic E-state index is 0.193. The predicted octanol–water partition coefficient (Wildman–Crippen LogP) is 3.29. The number of rotatable bonds is 9. The Morgan fingerprint density at radius 3 is 2.48 bits per heavy atom. The molecule has 0 aliphatic carbocycles. The Morgan fingerprint density at radius 1 is 0.963 bits per heavy atom. The lowest BCUT2D eigenvalue weighted by Gasteiger charge is -2.12. The van der Waals surface area contributed by atoms with Crippen molar-refractivity contribution in [1.29, 1.82) is 0 Å². The fourth-order valence-electron chi connectivity index (χ4n) is 2.30. The molecule has 0 aliphatic rings. The summed E-state index contributed by atoms with van der Waals surface area (Å²) in [5, 5.41) is 2.79. The first-order chi connectivity index (χ1) is 13.1. The van der Waals surface area contributed by atoms with Crippen molar-refractivity contribution in [2.24, 2.45) is 0 Å². The summed E-state index contributed by atoms with van der Waals surface area (Å²) in [6.45, 7) is 4.14. The van der Waals surface area contributed by atoms with E-state index < -0.39 is 5.97 Å². The molecule has 0 heterocycles. The first kappa shape index (κ1) is 20.1. The summed E-state index contributed by atoms with van der Waals surface area (Å²) in [6.07, 6.45) is 0. The Labute approximate surface area is 158 Å². The fourth-order valence-corrected chi connectivity index (χ4v) is 2.30. The zero-order valence-electron chi connectivity index (χ0n) is 15.6. The Hall–Kier alpha value is -3.22. The number of methoxy groups -OCH3 is 1. The van der Waals surface area contributed by atoms with E-state index in [2.05, 4.69) is 5.32 Å². The topological polar surface area (TPSA) is 83.1 Å². The third-order valence-corrected chi connectivity index (χ3v) is 3.48. The lowest BCUT2D eigenvalue weighted by atomic mass is 10.1. The molecule has 0 aliphatic heterocycles. The summed E-state index contributed by atoms with van der Waals surface area (Å²) in [7, 11) is 1.54. The van der Waals surface area contributed by atoms with Gasteiger partial charge in [0.15, 0.2) is 18.1 Å². The molecule has 0 fully saturated rings. The predicted molar refractivity (Wildman–Crippen MR) is 101 cm³/mol. The van der Waals surface area contributed by atoms with Crippen LogP contribution >= 0.6 is 0 Å². The molecule has 27 heavy (non-hydrogen) atoms. The Balaban J connectivity index is 2.06. The number of amides is 1. The zero-order valence-corrected chi connectivity index (χ0v) is 15.6. The number of carbonyl (C=O) groups is 2. The van der Waals surface area contributed by atoms with Crippen LogP contribution < -0.4 is 19.5 Å². The van der Waals surface area contributed by atoms with Crippen molar-refractivity contribution in [3.63, 3.8) is 0 Å². The second-order valence-electron chi connectivity index (χ2n) is 5.37. The van der Waals surface area contributed by atoms with E-state index in [1.807, 2.05) is 6.92 Å². The second-order valence-corrected chi connectivity index (χ2v) is 5.37. The molecule has 0 saturated carbocycles. The average molecular weight is 373 g/mol. The molecule has 1 amide bonds. The van der Waals surface area contributed by atoms with Crippen LogP contribution in [0.1, 0.15) is 24.2 Å². The van der Waals surface area contributed by atoms with E-state index in [0.29, 0.717) is 41.7 Å². The van der Waals surface area contributed by atoms with Gasteiger partial charge in [0.2, 0.25) is 0 Å². The van der Waals surface area contributed by atoms with E-state index in [0.717, 1.165) is 0 Å². The van der Waals surface area contributed by atoms with Gasteiger partial charge >= 0.3 is 5.97 Å². The number of hydrogen-bond donors (Lipinski definition) is 1. The van der Waals surface area contributed by atoms with Gasteiger partial charge in [-0.3, -0.25) is 4.79 Å². The largest absolute Gasteiger partial charge is 0.493 e. The van der Waals surface area contributed by atoms with Gasteiger partial charge in [0, 0.05) is 17.3 Å². The first-order valence-electron chi connectivity index (χ1n) is 8.58. The van der Waals surface area contributed by atoms with Crippen molar-refractivity contribution in [3.8, 4) is 17.2 Å². The standard InChI is InChI=1S/C20H23NO6/c1-4-25-18-11-14(9-10-17(18)24-3)20(23)21-15-7-6-8-16(12-15)27-13-19(22)26-5-2/h6-12H,4-5,13H2,1-3H3,(H,21,23). The van der Waals surface area contributed by atoms with Gasteiger partial charge in [-0.2, -0.15) is 0 Å². The van der Waals surface area contributed by atoms with Gasteiger partial charge in [-0.15, -0.1) is 0 Å². The van der Waals surface area contributed by atoms with Gasteiger partial charge in [-0.05, 0) is 44.2 Å². The highest BCUT2D eigenvalue weighted by atomic mass is 16.6. The number of carbonyl (C=O) groups excluding carboxylic acids is 2. The molecule has 2 aromatic carbocycles. The summed E-state index contributed by atoms with van der Waals surface area (Å²) >= 11 is 0. The third kappa shape index (κ3) is 5.91. The Morgan fingerprint density at radius 2 is 1.78 bits per heavy atom. The van der Waals surface area contributed by atoms with Crippen LogP contribution in [0.15, 0.2) is 42.5 Å². The van der Waals surface area contributed by atoms with E-state index in [1.54, 1.807) is 56.5 Å². The highest BCUT2D eigenvalue weighted by Crippen LogP contribution is 2.28. The smallest absolute Gasteiger partial charge is 0.344 e. The molecular formula is C20H23NO6. The van der Waals surface area contributed by atoms with Crippen LogP contribution in [0.25, 0.3) is 0 Å². The first-order valence-corrected chi connectivity index (χ1v) is 8.58. The van der Waals surface area contributed by atoms with Gasteiger partial charge in [-0.25, -0.2) is 4.79 Å². The second kappa shape index (κ2) is 10.1. The zero-order chi connectivity index (χ0) is 19.6. The van der Waals surface area contributed by atoms with Gasteiger partial charge in [0.25, 0.3) is 5.91 Å². The van der Waals surface area contributed by atoms with Gasteiger partial charge in [0.05, 0.1) is 20.3 Å². The number of nitrogens with one attached hydrogen (secondary N) is 1. The van der Waals surface area contributed by atoms with E-state index >= 15 is 0 Å². The number of ether oxygens (including phenoxy) is 4. The summed E-state index contributed by atoms with van der Waals surface area (Å²) in [6, 6.07) is 11.7. The molecule has 2 rings (SSSR count). The van der Waals surface area contributed by atoms with E-state index in [9.17, 15) is 9.59 Å². The van der Waals surface area contributed by atoms with Crippen LogP contribution in [0.4, 0.5) is 5.69 Å². The molecule has 0 saturated heterocycles. The van der Waals surface area contributed by atoms with Crippen LogP contribution in [0.2, 0.25) is 0 Å². The summed E-state index contributed by atoms with van der Waals surface area (Å²) in [4.78, 5) is 23.9. The van der Waals surface area contributed by atoms with E-state index in [1.165, 1.54) is 0 Å². The fraction of sp³-hybridized carbons (Fsp3) is 0.300. The molecule has 2 aromatic rings. The molecule has 0 bridgehead atoms. The lowest BCUT2D eigenvalue weighted by molar-refractivity contribution is -0.145.